The van der Waals surface area contributed by atoms with E-state index >= 15 is 0 Å². The van der Waals surface area contributed by atoms with Crippen LogP contribution in [0.15, 0.2) is 30.6 Å². The third-order valence-corrected chi connectivity index (χ3v) is 4.33. The van der Waals surface area contributed by atoms with Gasteiger partial charge in [-0.1, -0.05) is 6.92 Å². The topological polar surface area (TPSA) is 81.2 Å². The molecule has 1 aromatic heterocycles. The zero-order valence-electron chi connectivity index (χ0n) is 15.0. The Kier molecular flexibility index (Phi) is 5.41. The van der Waals surface area contributed by atoms with E-state index in [1.165, 1.54) is 0 Å². The largest absolute Gasteiger partial charge is 0.492 e. The molecule has 8 nitrogen and oxygen atoms in total. The normalized spacial score (nSPS) is 20.3. The Labute approximate surface area is 152 Å². The lowest BCUT2D eigenvalue weighted by Gasteiger charge is -2.41. The molecule has 140 valence electrons. The number of carbonyl (C=O) groups excluding carboxylic acids is 2. The highest BCUT2D eigenvalue weighted by molar-refractivity contribution is 5.93. The first-order valence-electron chi connectivity index (χ1n) is 8.78. The van der Waals surface area contributed by atoms with Crippen molar-refractivity contribution in [2.75, 3.05) is 37.7 Å². The van der Waals surface area contributed by atoms with Crippen LogP contribution in [0.2, 0.25) is 0 Å². The fraction of sp³-hybridized carbons (Fsp3) is 0.500. The number of rotatable bonds is 4. The third-order valence-electron chi connectivity index (χ3n) is 4.33. The number of hydrogen-bond donors (Lipinski definition) is 0. The highest BCUT2D eigenvalue weighted by Crippen LogP contribution is 2.33. The summed E-state index contributed by atoms with van der Waals surface area (Å²) in [4.78, 5) is 32.3. The molecule has 1 fully saturated rings. The lowest BCUT2D eigenvalue weighted by atomic mass is 10.2. The van der Waals surface area contributed by atoms with E-state index in [0.717, 1.165) is 31.7 Å². The SMILES string of the molecule is CCOc1cncc(N2CCCN(CC)CC23OC(=O)C=CC(=O)O3)c1. The van der Waals surface area contributed by atoms with Gasteiger partial charge < -0.3 is 14.2 Å². The van der Waals surface area contributed by atoms with Gasteiger partial charge in [0.2, 0.25) is 0 Å². The van der Waals surface area contributed by atoms with Crippen molar-refractivity contribution in [3.63, 3.8) is 0 Å². The van der Waals surface area contributed by atoms with Crippen LogP contribution in [0.25, 0.3) is 0 Å². The number of nitrogens with zero attached hydrogens (tertiary/aromatic N) is 3. The van der Waals surface area contributed by atoms with Crippen LogP contribution in [0, 0.1) is 0 Å². The first kappa shape index (κ1) is 18.2. The van der Waals surface area contributed by atoms with Gasteiger partial charge in [-0.2, -0.15) is 0 Å². The average molecular weight is 361 g/mol. The average Bonchev–Trinajstić information content (AvgIpc) is 2.88. The van der Waals surface area contributed by atoms with E-state index < -0.39 is 17.8 Å². The Hall–Kier alpha value is -2.61. The van der Waals surface area contributed by atoms with Crippen LogP contribution in [-0.2, 0) is 19.1 Å². The molecule has 0 aromatic carbocycles. The fourth-order valence-electron chi connectivity index (χ4n) is 3.18. The van der Waals surface area contributed by atoms with E-state index in [1.807, 2.05) is 13.8 Å². The predicted octanol–water partition coefficient (Wildman–Crippen LogP) is 1.32. The van der Waals surface area contributed by atoms with Crippen LogP contribution in [0.3, 0.4) is 0 Å². The number of likely N-dealkylation sites (N-methyl/N-ethyl adjacent to an activating group) is 1. The fourth-order valence-corrected chi connectivity index (χ4v) is 3.18. The summed E-state index contributed by atoms with van der Waals surface area (Å²) in [7, 11) is 0. The lowest BCUT2D eigenvalue weighted by molar-refractivity contribution is -0.223. The van der Waals surface area contributed by atoms with Crippen molar-refractivity contribution in [2.45, 2.75) is 26.2 Å². The molecule has 0 radical (unpaired) electrons. The zero-order valence-corrected chi connectivity index (χ0v) is 15.0. The van der Waals surface area contributed by atoms with Gasteiger partial charge >= 0.3 is 17.8 Å². The van der Waals surface area contributed by atoms with Gasteiger partial charge in [-0.25, -0.2) is 9.59 Å². The molecule has 0 N–H and O–H groups in total. The molecule has 0 saturated carbocycles. The second-order valence-electron chi connectivity index (χ2n) is 6.07. The molecule has 2 aliphatic rings. The Morgan fingerprint density at radius 1 is 1.15 bits per heavy atom. The number of anilines is 1. The molecular weight excluding hydrogens is 338 g/mol. The molecular formula is C18H23N3O5. The van der Waals surface area contributed by atoms with Crippen molar-refractivity contribution in [1.82, 2.24) is 9.88 Å². The summed E-state index contributed by atoms with van der Waals surface area (Å²) >= 11 is 0. The molecule has 3 rings (SSSR count). The Bertz CT molecular complexity index is 686. The molecule has 1 saturated heterocycles. The summed E-state index contributed by atoms with van der Waals surface area (Å²) in [6, 6.07) is 1.81. The van der Waals surface area contributed by atoms with E-state index in [0.29, 0.717) is 24.6 Å². The van der Waals surface area contributed by atoms with Crippen molar-refractivity contribution >= 4 is 17.6 Å². The number of aromatic nitrogens is 1. The van der Waals surface area contributed by atoms with E-state index in [1.54, 1.807) is 23.4 Å². The highest BCUT2D eigenvalue weighted by atomic mass is 16.8. The van der Waals surface area contributed by atoms with Gasteiger partial charge in [0.25, 0.3) is 0 Å². The molecule has 0 unspecified atom stereocenters. The number of esters is 2. The predicted molar refractivity (Wildman–Crippen MR) is 93.5 cm³/mol. The zero-order chi connectivity index (χ0) is 18.6. The van der Waals surface area contributed by atoms with Gasteiger partial charge in [-0.05, 0) is 19.9 Å². The Balaban J connectivity index is 2.03. The molecule has 3 heterocycles. The van der Waals surface area contributed by atoms with Crippen LogP contribution in [0.1, 0.15) is 20.3 Å². The van der Waals surface area contributed by atoms with Crippen molar-refractivity contribution in [1.29, 1.82) is 0 Å². The maximum absolute atomic E-state index is 12.1. The van der Waals surface area contributed by atoms with E-state index in [4.69, 9.17) is 14.2 Å². The maximum Gasteiger partial charge on any atom is 0.356 e. The van der Waals surface area contributed by atoms with Gasteiger partial charge in [0.15, 0.2) is 0 Å². The summed E-state index contributed by atoms with van der Waals surface area (Å²) < 4.78 is 16.8. The van der Waals surface area contributed by atoms with Gasteiger partial charge in [-0.3, -0.25) is 14.8 Å². The standard InChI is InChI=1S/C18H23N3O5/c1-3-20-8-5-9-21(14-10-15(24-4-2)12-19-11-14)18(13-20)25-16(22)6-7-17(23)26-18/h6-7,10-12H,3-5,8-9,13H2,1-2H3. The second-order valence-corrected chi connectivity index (χ2v) is 6.07. The molecule has 26 heavy (non-hydrogen) atoms. The molecule has 1 aromatic rings. The van der Waals surface area contributed by atoms with Crippen molar-refractivity contribution in [2.24, 2.45) is 0 Å². The molecule has 0 amide bonds. The Morgan fingerprint density at radius 2 is 1.88 bits per heavy atom. The van der Waals surface area contributed by atoms with Crippen LogP contribution in [0.5, 0.6) is 5.75 Å². The number of ether oxygens (including phenoxy) is 3. The van der Waals surface area contributed by atoms with Crippen LogP contribution >= 0.6 is 0 Å². The van der Waals surface area contributed by atoms with Gasteiger partial charge in [0, 0.05) is 31.3 Å². The van der Waals surface area contributed by atoms with E-state index in [2.05, 4.69) is 9.88 Å². The maximum atomic E-state index is 12.1. The molecule has 0 aliphatic carbocycles. The third kappa shape index (κ3) is 3.80. The van der Waals surface area contributed by atoms with Gasteiger partial charge in [0.1, 0.15) is 5.75 Å². The summed E-state index contributed by atoms with van der Waals surface area (Å²) in [6.45, 7) is 6.74. The van der Waals surface area contributed by atoms with E-state index in [-0.39, 0.29) is 6.54 Å². The lowest BCUT2D eigenvalue weighted by Crippen LogP contribution is -2.59. The van der Waals surface area contributed by atoms with Gasteiger partial charge in [-0.15, -0.1) is 0 Å². The highest BCUT2D eigenvalue weighted by Gasteiger charge is 2.48. The van der Waals surface area contributed by atoms with Crippen molar-refractivity contribution in [3.8, 4) is 5.75 Å². The van der Waals surface area contributed by atoms with Crippen molar-refractivity contribution in [3.05, 3.63) is 30.6 Å². The summed E-state index contributed by atoms with van der Waals surface area (Å²) in [5.41, 5.74) is 0.663. The Morgan fingerprint density at radius 3 is 2.54 bits per heavy atom. The molecule has 2 aliphatic heterocycles. The second kappa shape index (κ2) is 7.74. The molecule has 0 bridgehead atoms. The summed E-state index contributed by atoms with van der Waals surface area (Å²) in [5.74, 6) is -2.18. The molecule has 1 spiro atoms. The van der Waals surface area contributed by atoms with Gasteiger partial charge in [0.05, 0.1) is 31.2 Å². The number of hydrogen-bond acceptors (Lipinski definition) is 8. The summed E-state index contributed by atoms with van der Waals surface area (Å²) in [6.07, 6.45) is 6.25. The number of carbonyl (C=O) groups is 2. The minimum absolute atomic E-state index is 0.252. The quantitative estimate of drug-likeness (QED) is 0.743. The minimum Gasteiger partial charge on any atom is -0.492 e. The van der Waals surface area contributed by atoms with Crippen LogP contribution in [0.4, 0.5) is 5.69 Å². The molecule has 8 heteroatoms. The number of pyridine rings is 1. The van der Waals surface area contributed by atoms with Crippen LogP contribution in [-0.4, -0.2) is 60.5 Å². The first-order chi connectivity index (χ1) is 12.6. The van der Waals surface area contributed by atoms with Crippen molar-refractivity contribution < 1.29 is 23.8 Å². The summed E-state index contributed by atoms with van der Waals surface area (Å²) in [5, 5.41) is 0. The minimum atomic E-state index is -1.54. The van der Waals surface area contributed by atoms with E-state index in [9.17, 15) is 9.59 Å². The smallest absolute Gasteiger partial charge is 0.356 e. The molecule has 0 atom stereocenters. The first-order valence-corrected chi connectivity index (χ1v) is 8.78. The monoisotopic (exact) mass is 361 g/mol. The van der Waals surface area contributed by atoms with Crippen LogP contribution < -0.4 is 9.64 Å².